The highest BCUT2D eigenvalue weighted by molar-refractivity contribution is 6.40. The average Bonchev–Trinajstić information content (AvgIpc) is 2.65. The van der Waals surface area contributed by atoms with Crippen molar-refractivity contribution in [2.45, 2.75) is 47.0 Å². The number of ether oxygens (including phenoxy) is 1. The van der Waals surface area contributed by atoms with E-state index in [1.54, 1.807) is 43.3 Å². The molecule has 2 aromatic rings. The first-order valence-corrected chi connectivity index (χ1v) is 11.0. The van der Waals surface area contributed by atoms with E-state index in [1.807, 2.05) is 0 Å². The quantitative estimate of drug-likeness (QED) is 0.403. The molecule has 1 atom stereocenters. The number of hydrogen-bond donors (Lipinski definition) is 2. The zero-order valence-corrected chi connectivity index (χ0v) is 19.8. The van der Waals surface area contributed by atoms with Gasteiger partial charge in [-0.25, -0.2) is 0 Å². The van der Waals surface area contributed by atoms with Crippen molar-refractivity contribution in [3.63, 3.8) is 0 Å². The van der Waals surface area contributed by atoms with Crippen molar-refractivity contribution in [2.75, 3.05) is 11.9 Å². The summed E-state index contributed by atoms with van der Waals surface area (Å²) in [4.78, 5) is 23.7. The fourth-order valence-electron chi connectivity index (χ4n) is 3.00. The molecule has 1 amide bonds. The van der Waals surface area contributed by atoms with Gasteiger partial charge >= 0.3 is 5.97 Å². The molecule has 0 fully saturated rings. The van der Waals surface area contributed by atoms with Crippen LogP contribution in [-0.2, 0) is 11.2 Å². The highest BCUT2D eigenvalue weighted by atomic mass is 35.5. The lowest BCUT2D eigenvalue weighted by Crippen LogP contribution is -2.14. The summed E-state index contributed by atoms with van der Waals surface area (Å²) in [5.74, 6) is -1.23. The van der Waals surface area contributed by atoms with Crippen LogP contribution < -0.4 is 10.1 Å². The summed E-state index contributed by atoms with van der Waals surface area (Å²) < 4.78 is 5.74. The SMILES string of the molecule is C[C@@H](Cc1ccc(NC(=O)c2c(Cl)cc(OCCCC(C)(C)C)cc2Cl)cc1)C(=O)O. The molecule has 0 unspecified atom stereocenters. The minimum atomic E-state index is -0.844. The van der Waals surface area contributed by atoms with Gasteiger partial charge in [-0.15, -0.1) is 0 Å². The molecule has 0 spiro atoms. The largest absolute Gasteiger partial charge is 0.493 e. The molecule has 2 rings (SSSR count). The number of aliphatic carboxylic acids is 1. The van der Waals surface area contributed by atoms with E-state index in [9.17, 15) is 9.59 Å². The molecule has 31 heavy (non-hydrogen) atoms. The van der Waals surface area contributed by atoms with Gasteiger partial charge in [-0.1, -0.05) is 63.0 Å². The summed E-state index contributed by atoms with van der Waals surface area (Å²) in [6, 6.07) is 10.2. The Labute approximate surface area is 193 Å². The summed E-state index contributed by atoms with van der Waals surface area (Å²) in [7, 11) is 0. The van der Waals surface area contributed by atoms with Gasteiger partial charge in [-0.3, -0.25) is 9.59 Å². The van der Waals surface area contributed by atoms with Crippen LogP contribution in [0.15, 0.2) is 36.4 Å². The first-order chi connectivity index (χ1) is 14.5. The number of anilines is 1. The fourth-order valence-corrected chi connectivity index (χ4v) is 3.64. The maximum atomic E-state index is 12.7. The Morgan fingerprint density at radius 1 is 1.10 bits per heavy atom. The third-order valence-corrected chi connectivity index (χ3v) is 5.35. The lowest BCUT2D eigenvalue weighted by Gasteiger charge is -2.18. The van der Waals surface area contributed by atoms with Crippen molar-refractivity contribution in [1.82, 2.24) is 0 Å². The maximum Gasteiger partial charge on any atom is 0.306 e. The monoisotopic (exact) mass is 465 g/mol. The van der Waals surface area contributed by atoms with Crippen LogP contribution in [0.4, 0.5) is 5.69 Å². The Kier molecular flexibility index (Phi) is 8.78. The molecule has 2 N–H and O–H groups in total. The number of rotatable bonds is 9. The van der Waals surface area contributed by atoms with Gasteiger partial charge in [0, 0.05) is 5.69 Å². The lowest BCUT2D eigenvalue weighted by atomic mass is 9.91. The summed E-state index contributed by atoms with van der Waals surface area (Å²) in [6.45, 7) is 8.73. The number of benzene rings is 2. The van der Waals surface area contributed by atoms with Crippen LogP contribution in [0, 0.1) is 11.3 Å². The van der Waals surface area contributed by atoms with Crippen LogP contribution in [0.2, 0.25) is 10.0 Å². The third-order valence-electron chi connectivity index (χ3n) is 4.76. The van der Waals surface area contributed by atoms with Gasteiger partial charge in [-0.05, 0) is 54.5 Å². The molecule has 168 valence electrons. The van der Waals surface area contributed by atoms with E-state index in [1.165, 1.54) is 0 Å². The van der Waals surface area contributed by atoms with Crippen LogP contribution in [-0.4, -0.2) is 23.6 Å². The maximum absolute atomic E-state index is 12.7. The number of hydrogen-bond acceptors (Lipinski definition) is 3. The minimum Gasteiger partial charge on any atom is -0.493 e. The summed E-state index contributed by atoms with van der Waals surface area (Å²) in [6.07, 6.45) is 2.35. The standard InChI is InChI=1S/C24H29Cl2NO4/c1-15(23(29)30)12-16-6-8-17(9-7-16)27-22(28)21-19(25)13-18(14-20(21)26)31-11-5-10-24(2,3)4/h6-9,13-15H,5,10-12H2,1-4H3,(H,27,28)(H,29,30)/t15-/m0/s1. The van der Waals surface area contributed by atoms with Crippen molar-refractivity contribution >= 4 is 40.8 Å². The van der Waals surface area contributed by atoms with Gasteiger partial charge in [0.15, 0.2) is 0 Å². The van der Waals surface area contributed by atoms with Crippen LogP contribution >= 0.6 is 23.2 Å². The molecule has 0 radical (unpaired) electrons. The van der Waals surface area contributed by atoms with Gasteiger partial charge in [0.25, 0.3) is 5.91 Å². The van der Waals surface area contributed by atoms with E-state index in [0.29, 0.717) is 24.5 Å². The van der Waals surface area contributed by atoms with E-state index in [2.05, 4.69) is 26.1 Å². The number of carboxylic acids is 1. The minimum absolute atomic E-state index is 0.175. The molecule has 0 aliphatic heterocycles. The molecular formula is C24H29Cl2NO4. The molecule has 0 heterocycles. The van der Waals surface area contributed by atoms with E-state index in [4.69, 9.17) is 33.0 Å². The molecule has 0 aromatic heterocycles. The zero-order chi connectivity index (χ0) is 23.2. The fraction of sp³-hybridized carbons (Fsp3) is 0.417. The Balaban J connectivity index is 2.01. The summed E-state index contributed by atoms with van der Waals surface area (Å²) in [5.41, 5.74) is 1.85. The van der Waals surface area contributed by atoms with Crippen molar-refractivity contribution in [1.29, 1.82) is 0 Å². The first kappa shape index (κ1) is 25.0. The number of amides is 1. The molecule has 0 bridgehead atoms. The van der Waals surface area contributed by atoms with E-state index in [0.717, 1.165) is 18.4 Å². The molecule has 0 aliphatic carbocycles. The second kappa shape index (κ2) is 10.9. The van der Waals surface area contributed by atoms with Gasteiger partial charge in [0.2, 0.25) is 0 Å². The first-order valence-electron chi connectivity index (χ1n) is 10.2. The van der Waals surface area contributed by atoms with Crippen LogP contribution in [0.25, 0.3) is 0 Å². The molecule has 2 aromatic carbocycles. The summed E-state index contributed by atoms with van der Waals surface area (Å²) in [5, 5.41) is 12.2. The van der Waals surface area contributed by atoms with Gasteiger partial charge in [0.05, 0.1) is 28.1 Å². The number of carbonyl (C=O) groups is 2. The van der Waals surface area contributed by atoms with Crippen molar-refractivity contribution in [3.05, 3.63) is 57.6 Å². The second-order valence-electron chi connectivity index (χ2n) is 8.87. The molecule has 7 heteroatoms. The Morgan fingerprint density at radius 3 is 2.19 bits per heavy atom. The second-order valence-corrected chi connectivity index (χ2v) is 9.68. The van der Waals surface area contributed by atoms with Crippen molar-refractivity contribution < 1.29 is 19.4 Å². The molecule has 0 aliphatic rings. The van der Waals surface area contributed by atoms with Crippen molar-refractivity contribution in [2.24, 2.45) is 11.3 Å². The van der Waals surface area contributed by atoms with E-state index in [-0.39, 0.29) is 21.0 Å². The van der Waals surface area contributed by atoms with Gasteiger partial charge < -0.3 is 15.2 Å². The van der Waals surface area contributed by atoms with Crippen LogP contribution in [0.3, 0.4) is 0 Å². The normalized spacial score (nSPS) is 12.3. The number of nitrogens with one attached hydrogen (secondary N) is 1. The Hall–Kier alpha value is -2.24. The third kappa shape index (κ3) is 8.08. The lowest BCUT2D eigenvalue weighted by molar-refractivity contribution is -0.141. The summed E-state index contributed by atoms with van der Waals surface area (Å²) >= 11 is 12.6. The molecule has 5 nitrogen and oxygen atoms in total. The predicted molar refractivity (Wildman–Crippen MR) is 126 cm³/mol. The number of carbonyl (C=O) groups excluding carboxylic acids is 1. The topological polar surface area (TPSA) is 75.6 Å². The number of carboxylic acid groups (broad SMARTS) is 1. The van der Waals surface area contributed by atoms with E-state index >= 15 is 0 Å². The Morgan fingerprint density at radius 2 is 1.68 bits per heavy atom. The van der Waals surface area contributed by atoms with Gasteiger partial charge in [-0.2, -0.15) is 0 Å². The Bertz CT molecular complexity index is 897. The highest BCUT2D eigenvalue weighted by Gasteiger charge is 2.18. The molecule has 0 saturated carbocycles. The van der Waals surface area contributed by atoms with Gasteiger partial charge in [0.1, 0.15) is 5.75 Å². The zero-order valence-electron chi connectivity index (χ0n) is 18.3. The highest BCUT2D eigenvalue weighted by Crippen LogP contribution is 2.31. The number of halogens is 2. The van der Waals surface area contributed by atoms with Crippen LogP contribution in [0.5, 0.6) is 5.75 Å². The van der Waals surface area contributed by atoms with Crippen molar-refractivity contribution in [3.8, 4) is 5.75 Å². The predicted octanol–water partition coefficient (Wildman–Crippen LogP) is 6.71. The smallest absolute Gasteiger partial charge is 0.306 e. The average molecular weight is 466 g/mol. The van der Waals surface area contributed by atoms with E-state index < -0.39 is 17.8 Å². The molecular weight excluding hydrogens is 437 g/mol. The molecule has 0 saturated heterocycles. The van der Waals surface area contributed by atoms with Crippen LogP contribution in [0.1, 0.15) is 56.5 Å².